The van der Waals surface area contributed by atoms with E-state index in [4.69, 9.17) is 5.11 Å². The summed E-state index contributed by atoms with van der Waals surface area (Å²) in [7, 11) is 1.48. The molecular formula is C10H18N2O4. The van der Waals surface area contributed by atoms with Gasteiger partial charge < -0.3 is 20.4 Å². The number of likely N-dealkylation sites (N-methyl/N-ethyl adjacent to an activating group) is 1. The number of aliphatic carboxylic acids is 1. The lowest BCUT2D eigenvalue weighted by Crippen LogP contribution is -2.49. The van der Waals surface area contributed by atoms with Crippen molar-refractivity contribution >= 4 is 11.9 Å². The zero-order chi connectivity index (χ0) is 12.3. The van der Waals surface area contributed by atoms with Crippen molar-refractivity contribution in [2.24, 2.45) is 0 Å². The quantitative estimate of drug-likeness (QED) is 0.578. The number of carbonyl (C=O) groups excluding carboxylic acids is 1. The Bertz CT molecular complexity index is 282. The summed E-state index contributed by atoms with van der Waals surface area (Å²) < 4.78 is 0. The van der Waals surface area contributed by atoms with E-state index < -0.39 is 24.2 Å². The Balaban J connectivity index is 2.62. The molecule has 0 radical (unpaired) electrons. The molecule has 0 bridgehead atoms. The molecule has 0 aliphatic carbocycles. The summed E-state index contributed by atoms with van der Waals surface area (Å²) in [6, 6.07) is -1.26. The van der Waals surface area contributed by atoms with Gasteiger partial charge in [0.2, 0.25) is 5.91 Å². The maximum atomic E-state index is 11.9. The number of nitrogens with one attached hydrogen (secondary N) is 1. The third-order valence-electron chi connectivity index (χ3n) is 2.89. The molecule has 6 nitrogen and oxygen atoms in total. The van der Waals surface area contributed by atoms with Crippen LogP contribution >= 0.6 is 0 Å². The van der Waals surface area contributed by atoms with Crippen molar-refractivity contribution in [3.8, 4) is 0 Å². The average molecular weight is 230 g/mol. The summed E-state index contributed by atoms with van der Waals surface area (Å²) in [5.41, 5.74) is 0. The van der Waals surface area contributed by atoms with E-state index in [1.807, 2.05) is 0 Å². The fourth-order valence-corrected chi connectivity index (χ4v) is 1.92. The number of carboxylic acid groups (broad SMARTS) is 1. The molecule has 1 fully saturated rings. The maximum Gasteiger partial charge on any atom is 0.326 e. The molecule has 92 valence electrons. The van der Waals surface area contributed by atoms with E-state index in [1.165, 1.54) is 11.9 Å². The SMILES string of the molecule is CCC(C(=O)O)N(C)C(=O)C1CC(O)CN1. The smallest absolute Gasteiger partial charge is 0.326 e. The second kappa shape index (κ2) is 5.27. The lowest BCUT2D eigenvalue weighted by Gasteiger charge is -2.26. The minimum absolute atomic E-state index is 0.272. The fraction of sp³-hybridized carbons (Fsp3) is 0.800. The van der Waals surface area contributed by atoms with Gasteiger partial charge in [-0.1, -0.05) is 6.92 Å². The minimum atomic E-state index is -1.00. The van der Waals surface area contributed by atoms with E-state index >= 15 is 0 Å². The van der Waals surface area contributed by atoms with Crippen molar-refractivity contribution in [3.05, 3.63) is 0 Å². The summed E-state index contributed by atoms with van der Waals surface area (Å²) in [6.07, 6.45) is 0.193. The van der Waals surface area contributed by atoms with E-state index in [2.05, 4.69) is 5.32 Å². The van der Waals surface area contributed by atoms with Crippen molar-refractivity contribution in [1.82, 2.24) is 10.2 Å². The summed E-state index contributed by atoms with van der Waals surface area (Å²) in [6.45, 7) is 2.10. The highest BCUT2D eigenvalue weighted by atomic mass is 16.4. The van der Waals surface area contributed by atoms with Gasteiger partial charge in [-0.2, -0.15) is 0 Å². The Morgan fingerprint density at radius 3 is 2.56 bits per heavy atom. The van der Waals surface area contributed by atoms with Crippen molar-refractivity contribution < 1.29 is 19.8 Å². The zero-order valence-electron chi connectivity index (χ0n) is 9.51. The third-order valence-corrected chi connectivity index (χ3v) is 2.89. The van der Waals surface area contributed by atoms with Crippen LogP contribution < -0.4 is 5.32 Å². The highest BCUT2D eigenvalue weighted by Gasteiger charge is 2.34. The van der Waals surface area contributed by atoms with E-state index in [9.17, 15) is 14.7 Å². The minimum Gasteiger partial charge on any atom is -0.480 e. The lowest BCUT2D eigenvalue weighted by molar-refractivity contribution is -0.149. The van der Waals surface area contributed by atoms with E-state index in [-0.39, 0.29) is 5.91 Å². The normalized spacial score (nSPS) is 26.4. The van der Waals surface area contributed by atoms with Gasteiger partial charge >= 0.3 is 5.97 Å². The zero-order valence-corrected chi connectivity index (χ0v) is 9.51. The van der Waals surface area contributed by atoms with E-state index in [1.54, 1.807) is 6.92 Å². The highest BCUT2D eigenvalue weighted by molar-refractivity contribution is 5.87. The highest BCUT2D eigenvalue weighted by Crippen LogP contribution is 2.12. The van der Waals surface area contributed by atoms with Crippen LogP contribution in [0.5, 0.6) is 0 Å². The Kier molecular flexibility index (Phi) is 4.26. The number of carboxylic acids is 1. The molecule has 16 heavy (non-hydrogen) atoms. The van der Waals surface area contributed by atoms with Gasteiger partial charge in [0, 0.05) is 13.6 Å². The average Bonchev–Trinajstić information content (AvgIpc) is 2.64. The molecule has 1 aliphatic heterocycles. The molecule has 0 aromatic heterocycles. The first kappa shape index (κ1) is 12.9. The molecule has 0 spiro atoms. The van der Waals surface area contributed by atoms with Crippen LogP contribution in [-0.4, -0.2) is 58.8 Å². The molecule has 6 heteroatoms. The van der Waals surface area contributed by atoms with Gasteiger partial charge in [0.05, 0.1) is 12.1 Å². The molecule has 0 aromatic rings. The Labute approximate surface area is 94.2 Å². The van der Waals surface area contributed by atoms with Crippen molar-refractivity contribution in [2.75, 3.05) is 13.6 Å². The monoisotopic (exact) mass is 230 g/mol. The number of aliphatic hydroxyl groups is 1. The predicted octanol–water partition coefficient (Wildman–Crippen LogP) is -0.969. The second-order valence-corrected chi connectivity index (χ2v) is 4.06. The van der Waals surface area contributed by atoms with E-state index in [0.717, 1.165) is 0 Å². The predicted molar refractivity (Wildman–Crippen MR) is 56.9 cm³/mol. The molecule has 1 amide bonds. The lowest BCUT2D eigenvalue weighted by atomic mass is 10.1. The second-order valence-electron chi connectivity index (χ2n) is 4.06. The van der Waals surface area contributed by atoms with Crippen LogP contribution in [0.2, 0.25) is 0 Å². The van der Waals surface area contributed by atoms with Gasteiger partial charge in [0.15, 0.2) is 0 Å². The number of aliphatic hydroxyl groups excluding tert-OH is 1. The first-order chi connectivity index (χ1) is 7.47. The summed E-state index contributed by atoms with van der Waals surface area (Å²) in [5.74, 6) is -1.28. The topological polar surface area (TPSA) is 89.9 Å². The van der Waals surface area contributed by atoms with Crippen LogP contribution in [0, 0.1) is 0 Å². The van der Waals surface area contributed by atoms with Gasteiger partial charge in [0.25, 0.3) is 0 Å². The van der Waals surface area contributed by atoms with Crippen LogP contribution in [-0.2, 0) is 9.59 Å². The number of hydrogen-bond acceptors (Lipinski definition) is 4. The van der Waals surface area contributed by atoms with Gasteiger partial charge in [-0.15, -0.1) is 0 Å². The molecule has 0 saturated carbocycles. The van der Waals surface area contributed by atoms with Gasteiger partial charge in [-0.25, -0.2) is 4.79 Å². The Morgan fingerprint density at radius 1 is 1.56 bits per heavy atom. The molecular weight excluding hydrogens is 212 g/mol. The van der Waals surface area contributed by atoms with Crippen molar-refractivity contribution in [2.45, 2.75) is 38.0 Å². The number of nitrogens with zero attached hydrogens (tertiary/aromatic N) is 1. The molecule has 1 heterocycles. The fourth-order valence-electron chi connectivity index (χ4n) is 1.92. The van der Waals surface area contributed by atoms with Gasteiger partial charge in [-0.05, 0) is 12.8 Å². The molecule has 3 atom stereocenters. The number of amides is 1. The van der Waals surface area contributed by atoms with Crippen LogP contribution in [0.3, 0.4) is 0 Å². The molecule has 1 rings (SSSR count). The number of hydrogen-bond donors (Lipinski definition) is 3. The number of carbonyl (C=O) groups is 2. The molecule has 1 aliphatic rings. The van der Waals surface area contributed by atoms with Crippen molar-refractivity contribution in [1.29, 1.82) is 0 Å². The summed E-state index contributed by atoms with van der Waals surface area (Å²) in [5, 5.41) is 21.1. The molecule has 3 unspecified atom stereocenters. The number of β-amino-alcohol motifs (C(OH)–C–C–N with tert-alkyl or cyclic N) is 1. The molecule has 1 saturated heterocycles. The number of rotatable bonds is 4. The van der Waals surface area contributed by atoms with Crippen molar-refractivity contribution in [3.63, 3.8) is 0 Å². The van der Waals surface area contributed by atoms with E-state index in [0.29, 0.717) is 19.4 Å². The summed E-state index contributed by atoms with van der Waals surface area (Å²) >= 11 is 0. The first-order valence-corrected chi connectivity index (χ1v) is 5.38. The van der Waals surface area contributed by atoms with Crippen LogP contribution in [0.25, 0.3) is 0 Å². The Hall–Kier alpha value is -1.14. The maximum absolute atomic E-state index is 11.9. The largest absolute Gasteiger partial charge is 0.480 e. The van der Waals surface area contributed by atoms with Crippen LogP contribution in [0.1, 0.15) is 19.8 Å². The standard InChI is InChI=1S/C10H18N2O4/c1-3-8(10(15)16)12(2)9(14)7-4-6(13)5-11-7/h6-8,11,13H,3-5H2,1-2H3,(H,15,16). The first-order valence-electron chi connectivity index (χ1n) is 5.38. The molecule has 3 N–H and O–H groups in total. The third kappa shape index (κ3) is 2.70. The molecule has 0 aromatic carbocycles. The van der Waals surface area contributed by atoms with Crippen LogP contribution in [0.4, 0.5) is 0 Å². The van der Waals surface area contributed by atoms with Crippen LogP contribution in [0.15, 0.2) is 0 Å². The van der Waals surface area contributed by atoms with Gasteiger partial charge in [-0.3, -0.25) is 4.79 Å². The van der Waals surface area contributed by atoms with Gasteiger partial charge in [0.1, 0.15) is 6.04 Å². The summed E-state index contributed by atoms with van der Waals surface area (Å²) in [4.78, 5) is 24.0. The Morgan fingerprint density at radius 2 is 2.19 bits per heavy atom.